The zero-order valence-corrected chi connectivity index (χ0v) is 16.6. The highest BCUT2D eigenvalue weighted by Crippen LogP contribution is 2.28. The molecule has 3 amide bonds. The van der Waals surface area contributed by atoms with Crippen molar-refractivity contribution in [2.45, 2.75) is 4.21 Å². The van der Waals surface area contributed by atoms with Crippen molar-refractivity contribution in [3.8, 4) is 0 Å². The van der Waals surface area contributed by atoms with Gasteiger partial charge in [-0.2, -0.15) is 4.31 Å². The quantitative estimate of drug-likeness (QED) is 0.734. The number of nitrogens with zero attached hydrogens (tertiary/aromatic N) is 2. The lowest BCUT2D eigenvalue weighted by Gasteiger charge is -2.15. The van der Waals surface area contributed by atoms with Gasteiger partial charge in [-0.15, -0.1) is 11.3 Å². The predicted molar refractivity (Wildman–Crippen MR) is 101 cm³/mol. The number of hydrogen-bond donors (Lipinski definition) is 1. The minimum atomic E-state index is -3.84. The summed E-state index contributed by atoms with van der Waals surface area (Å²) in [5, 5.41) is 2.53. The van der Waals surface area contributed by atoms with E-state index in [1.165, 1.54) is 44.4 Å². The van der Waals surface area contributed by atoms with E-state index in [4.69, 9.17) is 11.6 Å². The molecule has 0 radical (unpaired) electrons. The smallest absolute Gasteiger partial charge is 0.261 e. The van der Waals surface area contributed by atoms with Gasteiger partial charge in [0, 0.05) is 19.8 Å². The molecular weight excluding hydrogens is 414 g/mol. The van der Waals surface area contributed by atoms with E-state index in [9.17, 15) is 22.8 Å². The maximum absolute atomic E-state index is 12.4. The van der Waals surface area contributed by atoms with Gasteiger partial charge in [0.1, 0.15) is 4.21 Å². The summed E-state index contributed by atoms with van der Waals surface area (Å²) in [6.07, 6.45) is 0. The maximum Gasteiger partial charge on any atom is 0.261 e. The van der Waals surface area contributed by atoms with Gasteiger partial charge in [-0.05, 0) is 30.3 Å². The highest BCUT2D eigenvalue weighted by molar-refractivity contribution is 7.91. The van der Waals surface area contributed by atoms with E-state index >= 15 is 0 Å². The number of imide groups is 1. The van der Waals surface area contributed by atoms with Gasteiger partial charge in [0.05, 0.1) is 22.0 Å². The molecule has 1 aromatic heterocycles. The van der Waals surface area contributed by atoms with Gasteiger partial charge < -0.3 is 5.32 Å². The molecule has 142 valence electrons. The number of rotatable bonds is 5. The van der Waals surface area contributed by atoms with E-state index in [1.54, 1.807) is 0 Å². The van der Waals surface area contributed by atoms with Crippen molar-refractivity contribution in [2.75, 3.05) is 26.0 Å². The average molecular weight is 428 g/mol. The summed E-state index contributed by atoms with van der Waals surface area (Å²) in [6.45, 7) is -0.429. The Labute approximate surface area is 164 Å². The lowest BCUT2D eigenvalue weighted by Crippen LogP contribution is -2.34. The van der Waals surface area contributed by atoms with Crippen LogP contribution in [-0.2, 0) is 14.8 Å². The fourth-order valence-corrected chi connectivity index (χ4v) is 5.34. The molecule has 2 aromatic rings. The molecule has 1 aliphatic heterocycles. The molecule has 3 rings (SSSR count). The molecule has 11 heteroatoms. The standard InChI is InChI=1S/C16H14ClN3O5S2/c1-19(27(24,25)14-6-5-12(17)26-14)8-13(21)18-9-3-4-10-11(7-9)16(23)20(2)15(10)22/h3-7H,8H2,1-2H3,(H,18,21). The van der Waals surface area contributed by atoms with Crippen molar-refractivity contribution >= 4 is 56.4 Å². The Bertz CT molecular complexity index is 1060. The van der Waals surface area contributed by atoms with Crippen LogP contribution in [0.4, 0.5) is 5.69 Å². The average Bonchev–Trinajstić information content (AvgIpc) is 3.14. The van der Waals surface area contributed by atoms with E-state index in [2.05, 4.69) is 5.32 Å². The Balaban J connectivity index is 1.72. The minimum Gasteiger partial charge on any atom is -0.325 e. The number of benzene rings is 1. The summed E-state index contributed by atoms with van der Waals surface area (Å²) in [7, 11) is -1.18. The number of anilines is 1. The molecule has 1 aliphatic rings. The number of sulfonamides is 1. The Morgan fingerprint density at radius 2 is 1.85 bits per heavy atom. The fourth-order valence-electron chi connectivity index (χ4n) is 2.52. The first-order valence-corrected chi connectivity index (χ1v) is 10.2. The first-order valence-electron chi connectivity index (χ1n) is 7.59. The van der Waals surface area contributed by atoms with Crippen LogP contribution in [0.15, 0.2) is 34.5 Å². The van der Waals surface area contributed by atoms with Crippen LogP contribution in [0.25, 0.3) is 0 Å². The van der Waals surface area contributed by atoms with Gasteiger partial charge in [0.2, 0.25) is 5.91 Å². The Hall–Kier alpha value is -2.27. The van der Waals surface area contributed by atoms with Crippen LogP contribution in [0, 0.1) is 0 Å². The molecule has 2 heterocycles. The van der Waals surface area contributed by atoms with Gasteiger partial charge in [0.15, 0.2) is 0 Å². The lowest BCUT2D eigenvalue weighted by atomic mass is 10.1. The first-order chi connectivity index (χ1) is 12.6. The number of halogens is 1. The first kappa shape index (κ1) is 19.5. The third-order valence-corrected chi connectivity index (χ3v) is 7.45. The van der Waals surface area contributed by atoms with Gasteiger partial charge >= 0.3 is 0 Å². The topological polar surface area (TPSA) is 104 Å². The number of hydrogen-bond acceptors (Lipinski definition) is 6. The van der Waals surface area contributed by atoms with Crippen molar-refractivity contribution < 1.29 is 22.8 Å². The van der Waals surface area contributed by atoms with Gasteiger partial charge in [-0.1, -0.05) is 11.6 Å². The summed E-state index contributed by atoms with van der Waals surface area (Å²) in [4.78, 5) is 37.1. The molecule has 0 aliphatic carbocycles. The highest BCUT2D eigenvalue weighted by atomic mass is 35.5. The monoisotopic (exact) mass is 427 g/mol. The fraction of sp³-hybridized carbons (Fsp3) is 0.188. The van der Waals surface area contributed by atoms with Crippen LogP contribution >= 0.6 is 22.9 Å². The number of nitrogens with one attached hydrogen (secondary N) is 1. The van der Waals surface area contributed by atoms with Crippen LogP contribution in [0.2, 0.25) is 4.34 Å². The van der Waals surface area contributed by atoms with E-state index < -0.39 is 34.3 Å². The second kappa shape index (κ2) is 7.04. The number of amides is 3. The maximum atomic E-state index is 12.4. The van der Waals surface area contributed by atoms with Crippen LogP contribution in [0.1, 0.15) is 20.7 Å². The molecule has 0 unspecified atom stereocenters. The van der Waals surface area contributed by atoms with E-state index in [1.807, 2.05) is 0 Å². The second-order valence-electron chi connectivity index (χ2n) is 5.80. The highest BCUT2D eigenvalue weighted by Gasteiger charge is 2.33. The number of thiophene rings is 1. The van der Waals surface area contributed by atoms with Crippen LogP contribution < -0.4 is 5.32 Å². The molecular formula is C16H14ClN3O5S2. The Morgan fingerprint density at radius 1 is 1.19 bits per heavy atom. The summed E-state index contributed by atoms with van der Waals surface area (Å²) in [5.41, 5.74) is 0.740. The molecule has 0 bridgehead atoms. The largest absolute Gasteiger partial charge is 0.325 e. The Kier molecular flexibility index (Phi) is 5.08. The number of likely N-dealkylation sites (N-methyl/N-ethyl adjacent to an activating group) is 1. The van der Waals surface area contributed by atoms with E-state index in [0.29, 0.717) is 10.0 Å². The molecule has 0 atom stereocenters. The molecule has 0 spiro atoms. The predicted octanol–water partition coefficient (Wildman–Crippen LogP) is 1.89. The van der Waals surface area contributed by atoms with E-state index in [-0.39, 0.29) is 15.3 Å². The lowest BCUT2D eigenvalue weighted by molar-refractivity contribution is -0.116. The molecule has 0 saturated heterocycles. The molecule has 0 fully saturated rings. The summed E-state index contributed by atoms with van der Waals surface area (Å²) in [5.74, 6) is -1.46. The van der Waals surface area contributed by atoms with Crippen molar-refractivity contribution in [1.29, 1.82) is 0 Å². The second-order valence-corrected chi connectivity index (χ2v) is 9.78. The summed E-state index contributed by atoms with van der Waals surface area (Å²) >= 11 is 6.66. The van der Waals surface area contributed by atoms with Crippen LogP contribution in [0.5, 0.6) is 0 Å². The molecule has 8 nitrogen and oxygen atoms in total. The van der Waals surface area contributed by atoms with Gasteiger partial charge in [-0.3, -0.25) is 19.3 Å². The molecule has 0 saturated carbocycles. The molecule has 27 heavy (non-hydrogen) atoms. The number of carbonyl (C=O) groups is 3. The summed E-state index contributed by atoms with van der Waals surface area (Å²) < 4.78 is 26.1. The van der Waals surface area contributed by atoms with Crippen LogP contribution in [-0.4, -0.2) is 56.0 Å². The zero-order chi connectivity index (χ0) is 19.9. The van der Waals surface area contributed by atoms with Crippen molar-refractivity contribution in [3.05, 3.63) is 45.8 Å². The van der Waals surface area contributed by atoms with Crippen molar-refractivity contribution in [3.63, 3.8) is 0 Å². The minimum absolute atomic E-state index is 0.0347. The van der Waals surface area contributed by atoms with Gasteiger partial charge in [-0.25, -0.2) is 8.42 Å². The van der Waals surface area contributed by atoms with Crippen molar-refractivity contribution in [1.82, 2.24) is 9.21 Å². The third kappa shape index (κ3) is 3.61. The van der Waals surface area contributed by atoms with Crippen molar-refractivity contribution in [2.24, 2.45) is 0 Å². The SMILES string of the molecule is CN1C(=O)c2ccc(NC(=O)CN(C)S(=O)(=O)c3ccc(Cl)s3)cc2C1=O. The normalized spacial score (nSPS) is 14.0. The molecule has 1 N–H and O–H groups in total. The Morgan fingerprint density at radius 3 is 2.48 bits per heavy atom. The number of carbonyl (C=O) groups excluding carboxylic acids is 3. The van der Waals surface area contributed by atoms with Crippen LogP contribution in [0.3, 0.4) is 0 Å². The zero-order valence-electron chi connectivity index (χ0n) is 14.2. The summed E-state index contributed by atoms with van der Waals surface area (Å²) in [6, 6.07) is 7.16. The van der Waals surface area contributed by atoms with Gasteiger partial charge in [0.25, 0.3) is 21.8 Å². The van der Waals surface area contributed by atoms with E-state index in [0.717, 1.165) is 20.5 Å². The number of fused-ring (bicyclic) bond motifs is 1. The third-order valence-electron chi connectivity index (χ3n) is 3.95. The molecule has 1 aromatic carbocycles.